The first-order chi connectivity index (χ1) is 53.0. The number of carbonyl (C=O) groups is 16. The number of primary amides is 2. The third-order valence-electron chi connectivity index (χ3n) is 18.3. The number of aromatic nitrogens is 5. The summed E-state index contributed by atoms with van der Waals surface area (Å²) in [6, 6.07) is -12.3. The van der Waals surface area contributed by atoms with Crippen LogP contribution in [0.4, 0.5) is 0 Å². The fourth-order valence-corrected chi connectivity index (χ4v) is 13.9. The van der Waals surface area contributed by atoms with Gasteiger partial charge in [0, 0.05) is 91.5 Å². The van der Waals surface area contributed by atoms with Gasteiger partial charge in [0.05, 0.1) is 25.6 Å². The zero-order valence-electron chi connectivity index (χ0n) is 63.8. The molecule has 614 valence electrons. The van der Waals surface area contributed by atoms with Crippen LogP contribution in [0.5, 0.6) is 0 Å². The van der Waals surface area contributed by atoms with Gasteiger partial charge in [0.1, 0.15) is 72.5 Å². The number of nitrogens with zero attached hydrogens (tertiary/aromatic N) is 2. The number of carboxylic acid groups (broad SMARTS) is 1. The van der Waals surface area contributed by atoms with E-state index in [2.05, 4.69) is 99.4 Å². The van der Waals surface area contributed by atoms with Crippen LogP contribution < -0.4 is 91.6 Å². The molecule has 112 heavy (non-hydrogen) atoms. The molecule has 4 aromatic rings. The number of nitrogens with one attached hydrogen (secondary N) is 18. The molecule has 5 rings (SSSR count). The van der Waals surface area contributed by atoms with E-state index in [1.807, 2.05) is 0 Å². The number of amides is 15. The molecule has 0 radical (unpaired) electrons. The van der Waals surface area contributed by atoms with E-state index in [0.717, 1.165) is 21.6 Å². The Hall–Kier alpha value is -11.3. The molecule has 1 saturated heterocycles. The number of carbonyl (C=O) groups excluding carboxylic acids is 15. The monoisotopic (exact) mass is 1600 g/mol. The Kier molecular flexibility index (Phi) is 36.8. The molecule has 25 N–H and O–H groups in total. The molecular formula is C70H105N23O17S2. The van der Waals surface area contributed by atoms with E-state index < -0.39 is 223 Å². The molecule has 4 heterocycles. The maximum absolute atomic E-state index is 15.0. The van der Waals surface area contributed by atoms with Crippen molar-refractivity contribution in [3.63, 3.8) is 0 Å². The number of para-hydroxylation sites is 1. The Morgan fingerprint density at radius 3 is 1.65 bits per heavy atom. The number of aliphatic carboxylic acids is 1. The van der Waals surface area contributed by atoms with Gasteiger partial charge in [-0.1, -0.05) is 108 Å². The van der Waals surface area contributed by atoms with E-state index in [1.165, 1.54) is 52.0 Å². The summed E-state index contributed by atoms with van der Waals surface area (Å²) in [5.74, 6) is -20.3. The lowest BCUT2D eigenvalue weighted by molar-refractivity contribution is -0.141. The smallest absolute Gasteiger partial charge is 0.305 e. The zero-order chi connectivity index (χ0) is 83.1. The number of aromatic amines is 3. The van der Waals surface area contributed by atoms with Crippen LogP contribution in [0.3, 0.4) is 0 Å². The first-order valence-electron chi connectivity index (χ1n) is 36.5. The maximum atomic E-state index is 15.0. The molecule has 1 aliphatic rings. The van der Waals surface area contributed by atoms with Crippen LogP contribution >= 0.6 is 21.6 Å². The molecule has 42 heteroatoms. The highest BCUT2D eigenvalue weighted by atomic mass is 33.1. The Morgan fingerprint density at radius 1 is 0.589 bits per heavy atom. The maximum Gasteiger partial charge on any atom is 0.305 e. The van der Waals surface area contributed by atoms with Gasteiger partial charge in [-0.3, -0.25) is 82.1 Å². The highest BCUT2D eigenvalue weighted by molar-refractivity contribution is 8.76. The van der Waals surface area contributed by atoms with Crippen LogP contribution in [0.2, 0.25) is 0 Å². The average Bonchev–Trinajstić information content (AvgIpc) is 1.58. The first-order valence-corrected chi connectivity index (χ1v) is 39.0. The summed E-state index contributed by atoms with van der Waals surface area (Å²) in [5.41, 5.74) is 18.5. The van der Waals surface area contributed by atoms with Gasteiger partial charge in [-0.15, -0.1) is 0 Å². The van der Waals surface area contributed by atoms with Gasteiger partial charge in [-0.2, -0.15) is 0 Å². The highest BCUT2D eigenvalue weighted by Gasteiger charge is 2.40. The molecule has 14 atom stereocenters. The second-order valence-corrected chi connectivity index (χ2v) is 30.4. The number of imidazole rings is 2. The summed E-state index contributed by atoms with van der Waals surface area (Å²) in [7, 11) is 1.76. The Labute approximate surface area is 653 Å². The van der Waals surface area contributed by atoms with Gasteiger partial charge >= 0.3 is 5.97 Å². The number of rotatable bonds is 27. The molecule has 0 saturated carbocycles. The van der Waals surface area contributed by atoms with Crippen LogP contribution in [-0.4, -0.2) is 228 Å². The highest BCUT2D eigenvalue weighted by Crippen LogP contribution is 2.25. The van der Waals surface area contributed by atoms with E-state index in [9.17, 15) is 81.8 Å². The Morgan fingerprint density at radius 2 is 1.10 bits per heavy atom. The second-order valence-electron chi connectivity index (χ2n) is 27.8. The minimum Gasteiger partial charge on any atom is -0.481 e. The molecule has 3 aromatic heterocycles. The van der Waals surface area contributed by atoms with Crippen molar-refractivity contribution < 1.29 is 81.8 Å². The Bertz CT molecular complexity index is 3950. The van der Waals surface area contributed by atoms with E-state index >= 15 is 0 Å². The van der Waals surface area contributed by atoms with Crippen molar-refractivity contribution in [2.75, 3.05) is 24.6 Å². The van der Waals surface area contributed by atoms with Gasteiger partial charge in [0.2, 0.25) is 88.6 Å². The number of carboxylic acids is 1. The largest absolute Gasteiger partial charge is 0.481 e. The zero-order valence-corrected chi connectivity index (χ0v) is 65.4. The average molecular weight is 1600 g/mol. The molecule has 0 unspecified atom stereocenters. The second kappa shape index (κ2) is 45.1. The predicted molar refractivity (Wildman–Crippen MR) is 411 cm³/mol. The van der Waals surface area contributed by atoms with Gasteiger partial charge in [-0.05, 0) is 54.6 Å². The van der Waals surface area contributed by atoms with Gasteiger partial charge in [-0.25, -0.2) is 9.97 Å². The van der Waals surface area contributed by atoms with Gasteiger partial charge in [0.15, 0.2) is 5.96 Å². The summed E-state index contributed by atoms with van der Waals surface area (Å²) in [5, 5.41) is 54.5. The summed E-state index contributed by atoms with van der Waals surface area (Å²) >= 11 is 0. The number of hydrogen-bond acceptors (Lipinski definition) is 21. The third kappa shape index (κ3) is 29.5. The molecule has 1 fully saturated rings. The first kappa shape index (κ1) is 91.3. The summed E-state index contributed by atoms with van der Waals surface area (Å²) in [6.07, 6.45) is 4.00. The molecule has 15 amide bonds. The van der Waals surface area contributed by atoms with Crippen molar-refractivity contribution in [1.82, 2.24) is 99.4 Å². The lowest BCUT2D eigenvalue weighted by atomic mass is 9.97. The van der Waals surface area contributed by atoms with E-state index in [4.69, 9.17) is 22.6 Å². The van der Waals surface area contributed by atoms with E-state index in [1.54, 1.807) is 65.8 Å². The summed E-state index contributed by atoms with van der Waals surface area (Å²) in [6.45, 7) is 13.2. The normalized spacial score (nSPS) is 22.8. The number of hydrogen-bond donors (Lipinski definition) is 22. The minimum absolute atomic E-state index is 0.0191. The topological polar surface area (TPSA) is 637 Å². The summed E-state index contributed by atoms with van der Waals surface area (Å²) < 4.78 is 0. The molecule has 1 aliphatic heterocycles. The number of nitrogens with two attached hydrogens (primary N) is 3. The van der Waals surface area contributed by atoms with Crippen molar-refractivity contribution in [1.29, 1.82) is 5.41 Å². The molecule has 1 aromatic carbocycles. The third-order valence-corrected chi connectivity index (χ3v) is 20.7. The predicted octanol–water partition coefficient (Wildman–Crippen LogP) is -4.12. The molecular weight excluding hydrogens is 1500 g/mol. The lowest BCUT2D eigenvalue weighted by Gasteiger charge is -2.30. The van der Waals surface area contributed by atoms with Crippen molar-refractivity contribution in [3.8, 4) is 0 Å². The molecule has 0 aliphatic carbocycles. The van der Waals surface area contributed by atoms with Crippen molar-refractivity contribution in [3.05, 3.63) is 72.5 Å². The summed E-state index contributed by atoms with van der Waals surface area (Å²) in [4.78, 5) is 243. The number of benzene rings is 1. The van der Waals surface area contributed by atoms with E-state index in [-0.39, 0.29) is 61.5 Å². The SMILES string of the molecule is CC[C@H](C)[C@H](NC(=O)[C@@H]1CSSC[C@H](NC(=O)[C@@H](NC(C)=O)[C@@H](C)CC)C(=O)N[C@@H](C(C)C)C(=O)N[C@@H](C(C)C)C(=O)N[C@@H](CCC(N)=O)C(=O)N[C@@H](CC(=O)O)C(=O)N[C@@H](Cc2c[nH]c3ccccc23)C(=O)NCC(=O)N[C@@H](Cc2cnc[nH]2)C(=O)N[C@@H](Cc2cnc[nH]2)C(=O)N[C@@H](CCCNC(=N)N)C(=O)N1)C(N)=O. The lowest BCUT2D eigenvalue weighted by Crippen LogP contribution is -2.62. The van der Waals surface area contributed by atoms with Crippen molar-refractivity contribution >= 4 is 133 Å². The van der Waals surface area contributed by atoms with Gasteiger partial charge < -0.3 is 112 Å². The van der Waals surface area contributed by atoms with Crippen molar-refractivity contribution in [2.45, 2.75) is 199 Å². The van der Waals surface area contributed by atoms with E-state index in [0.29, 0.717) is 29.3 Å². The van der Waals surface area contributed by atoms with Gasteiger partial charge in [0.25, 0.3) is 0 Å². The minimum atomic E-state index is -2.04. The fraction of sp³-hybridized carbons (Fsp3) is 0.557. The van der Waals surface area contributed by atoms with Crippen LogP contribution in [-0.2, 0) is 96.0 Å². The number of fused-ring (bicyclic) bond motifs is 1. The number of guanidine groups is 1. The Balaban J connectivity index is 1.68. The van der Waals surface area contributed by atoms with Crippen LogP contribution in [0.25, 0.3) is 10.9 Å². The molecule has 40 nitrogen and oxygen atoms in total. The van der Waals surface area contributed by atoms with Crippen LogP contribution in [0, 0.1) is 29.1 Å². The number of H-pyrrole nitrogens is 3. The van der Waals surface area contributed by atoms with Crippen LogP contribution in [0.15, 0.2) is 55.5 Å². The molecule has 0 spiro atoms. The quantitative estimate of drug-likeness (QED) is 0.0117. The molecule has 0 bridgehead atoms. The standard InChI is InChI=1S/C70H105N23O17S2/c1-10-35(7)56(58(72)99)93-66(107)49-29-111-112-30-50(90-69(110)57(36(8)11-2)82-37(9)94)65(106)91-55(34(5)6)68(109)92-54(33(3)4)67(108)85-44(18-19-51(71)95)61(102)88-48(24-53(97)98)64(105)86-45(21-38-25-78-42-16-13-12-15-41(38)42)59(100)79-28-52(96)83-46(22-39-26-75-31-80-39)62(103)87-47(23-40-27-76-32-81-40)63(104)84-43(60(101)89-49)17-14-20-77-70(73)74/h12-13,15-16,25-27,31-36,43-50,54-57,78H,10-11,14,17-24,28-30H2,1-9H3,(H2,71,95)(H2,72,99)(H,75,80)(H,76,81)(H,79,100)(H,82,94)(H,83,96)(H,84,104)(H,85,108)(H,86,105)(H,87,103)(H,88,102)(H,89,101)(H,90,110)(H,91,106)(H,92,109)(H,93,107)(H,97,98)(H4,73,74,77)/t35-,36-,43-,44-,45-,46-,47-,48-,49-,50-,54-,55-,56-,57-/m0/s1. The van der Waals surface area contributed by atoms with Crippen LogP contribution in [0.1, 0.15) is 124 Å². The van der Waals surface area contributed by atoms with Crippen molar-refractivity contribution in [2.24, 2.45) is 40.9 Å². The fourth-order valence-electron chi connectivity index (χ4n) is 11.6.